The van der Waals surface area contributed by atoms with Crippen LogP contribution in [0.2, 0.25) is 0 Å². The summed E-state index contributed by atoms with van der Waals surface area (Å²) in [7, 11) is 0. The molecule has 1 atom stereocenters. The van der Waals surface area contributed by atoms with Crippen LogP contribution in [-0.2, 0) is 6.42 Å². The molecule has 1 saturated carbocycles. The Kier molecular flexibility index (Phi) is 6.42. The van der Waals surface area contributed by atoms with Gasteiger partial charge in [0.2, 0.25) is 0 Å². The molecule has 0 saturated heterocycles. The van der Waals surface area contributed by atoms with Gasteiger partial charge in [0.05, 0.1) is 16.9 Å². The van der Waals surface area contributed by atoms with E-state index in [1.54, 1.807) is 5.57 Å². The van der Waals surface area contributed by atoms with E-state index in [9.17, 15) is 5.26 Å². The van der Waals surface area contributed by atoms with Crippen LogP contribution in [0.25, 0.3) is 0 Å². The Morgan fingerprint density at radius 3 is 2.44 bits per heavy atom. The van der Waals surface area contributed by atoms with E-state index in [0.29, 0.717) is 18.0 Å². The monoisotopic (exact) mass is 337 g/mol. The highest BCUT2D eigenvalue weighted by molar-refractivity contribution is 5.71. The number of aromatic nitrogens is 1. The molecule has 0 aliphatic heterocycles. The van der Waals surface area contributed by atoms with Crippen LogP contribution in [0.15, 0.2) is 11.6 Å². The van der Waals surface area contributed by atoms with E-state index in [0.717, 1.165) is 18.8 Å². The normalized spacial score (nSPS) is 18.2. The van der Waals surface area contributed by atoms with Crippen LogP contribution < -0.4 is 11.5 Å². The third-order valence-corrected chi connectivity index (χ3v) is 5.16. The van der Waals surface area contributed by atoms with Crippen molar-refractivity contribution in [2.75, 3.05) is 11.5 Å². The van der Waals surface area contributed by atoms with Gasteiger partial charge < -0.3 is 11.5 Å². The van der Waals surface area contributed by atoms with Crippen LogP contribution in [0.4, 0.5) is 11.5 Å². The van der Waals surface area contributed by atoms with E-state index in [4.69, 9.17) is 16.7 Å². The van der Waals surface area contributed by atoms with E-state index in [1.807, 2.05) is 6.07 Å². The Hall–Kier alpha value is -2.53. The van der Waals surface area contributed by atoms with Gasteiger partial charge in [-0.2, -0.15) is 10.5 Å². The summed E-state index contributed by atoms with van der Waals surface area (Å²) in [6, 6.07) is 3.99. The van der Waals surface area contributed by atoms with Crippen molar-refractivity contribution in [2.24, 2.45) is 11.8 Å². The van der Waals surface area contributed by atoms with Crippen molar-refractivity contribution in [3.05, 3.63) is 28.5 Å². The standard InChI is InChI=1S/C20H27N5/c1-13-3-7-15(8-4-13)9-5-14(2)6-10-18-16(11-21)19(23)17(12-22)20(24)25-18/h9,13-14H,3-8,10H2,1-2H3,(H4,23,24,25). The predicted octanol–water partition coefficient (Wildman–Crippen LogP) is 4.08. The van der Waals surface area contributed by atoms with Crippen molar-refractivity contribution in [2.45, 2.75) is 58.8 Å². The quantitative estimate of drug-likeness (QED) is 0.786. The largest absolute Gasteiger partial charge is 0.396 e. The fourth-order valence-electron chi connectivity index (χ4n) is 3.30. The number of aryl methyl sites for hydroxylation is 1. The highest BCUT2D eigenvalue weighted by Crippen LogP contribution is 2.29. The first-order valence-electron chi connectivity index (χ1n) is 9.02. The van der Waals surface area contributed by atoms with E-state index >= 15 is 0 Å². The van der Waals surface area contributed by atoms with E-state index in [2.05, 4.69) is 31.0 Å². The highest BCUT2D eigenvalue weighted by atomic mass is 14.9. The van der Waals surface area contributed by atoms with Crippen LogP contribution in [0.1, 0.15) is 69.2 Å². The van der Waals surface area contributed by atoms with Gasteiger partial charge in [0, 0.05) is 0 Å². The number of nitriles is 2. The van der Waals surface area contributed by atoms with Gasteiger partial charge in [0.1, 0.15) is 23.5 Å². The SMILES string of the molecule is CC(CC=C1CCC(C)CC1)CCc1nc(N)c(C#N)c(N)c1C#N. The molecule has 0 radical (unpaired) electrons. The summed E-state index contributed by atoms with van der Waals surface area (Å²) in [5, 5.41) is 18.4. The zero-order valence-electron chi connectivity index (χ0n) is 15.2. The van der Waals surface area contributed by atoms with Gasteiger partial charge in [-0.15, -0.1) is 0 Å². The summed E-state index contributed by atoms with van der Waals surface area (Å²) in [5.41, 5.74) is 14.4. The van der Waals surface area contributed by atoms with Gasteiger partial charge >= 0.3 is 0 Å². The van der Waals surface area contributed by atoms with Crippen LogP contribution in [-0.4, -0.2) is 4.98 Å². The molecule has 5 heteroatoms. The molecule has 0 aromatic carbocycles. The lowest BCUT2D eigenvalue weighted by Gasteiger charge is -2.20. The molecular formula is C20H27N5. The number of rotatable bonds is 5. The Balaban J connectivity index is 1.98. The molecule has 5 nitrogen and oxygen atoms in total. The molecule has 4 N–H and O–H groups in total. The number of anilines is 2. The molecule has 0 spiro atoms. The van der Waals surface area contributed by atoms with E-state index in [1.165, 1.54) is 25.7 Å². The minimum absolute atomic E-state index is 0.101. The van der Waals surface area contributed by atoms with Gasteiger partial charge in [-0.05, 0) is 56.8 Å². The Bertz CT molecular complexity index is 726. The molecule has 1 unspecified atom stereocenters. The van der Waals surface area contributed by atoms with E-state index in [-0.39, 0.29) is 22.6 Å². The van der Waals surface area contributed by atoms with Gasteiger partial charge in [0.15, 0.2) is 0 Å². The molecule has 1 fully saturated rings. The van der Waals surface area contributed by atoms with Gasteiger partial charge in [-0.1, -0.05) is 25.5 Å². The van der Waals surface area contributed by atoms with E-state index < -0.39 is 0 Å². The number of nitrogen functional groups attached to an aromatic ring is 2. The third-order valence-electron chi connectivity index (χ3n) is 5.16. The Morgan fingerprint density at radius 2 is 1.84 bits per heavy atom. The van der Waals surface area contributed by atoms with Crippen molar-refractivity contribution in [1.29, 1.82) is 10.5 Å². The fraction of sp³-hybridized carbons (Fsp3) is 0.550. The zero-order chi connectivity index (χ0) is 18.4. The average Bonchev–Trinajstić information content (AvgIpc) is 2.59. The molecule has 132 valence electrons. The molecule has 0 bridgehead atoms. The molecule has 1 aromatic heterocycles. The molecule has 1 aliphatic rings. The lowest BCUT2D eigenvalue weighted by molar-refractivity contribution is 0.440. The number of hydrogen-bond acceptors (Lipinski definition) is 5. The first-order chi connectivity index (χ1) is 12.0. The first-order valence-corrected chi connectivity index (χ1v) is 9.02. The van der Waals surface area contributed by atoms with Crippen molar-refractivity contribution < 1.29 is 0 Å². The van der Waals surface area contributed by atoms with Gasteiger partial charge in [-0.25, -0.2) is 4.98 Å². The number of allylic oxidation sites excluding steroid dienone is 2. The van der Waals surface area contributed by atoms with Crippen LogP contribution in [0.3, 0.4) is 0 Å². The van der Waals surface area contributed by atoms with Crippen molar-refractivity contribution in [3.8, 4) is 12.1 Å². The average molecular weight is 337 g/mol. The number of nitrogens with zero attached hydrogens (tertiary/aromatic N) is 3. The summed E-state index contributed by atoms with van der Waals surface area (Å²) >= 11 is 0. The molecule has 1 aromatic rings. The van der Waals surface area contributed by atoms with Crippen molar-refractivity contribution in [1.82, 2.24) is 4.98 Å². The number of pyridine rings is 1. The summed E-state index contributed by atoms with van der Waals surface area (Å²) in [6.45, 7) is 4.54. The highest BCUT2D eigenvalue weighted by Gasteiger charge is 2.17. The van der Waals surface area contributed by atoms with Crippen molar-refractivity contribution >= 4 is 11.5 Å². The minimum Gasteiger partial charge on any atom is -0.396 e. The first kappa shape index (κ1) is 18.8. The second kappa shape index (κ2) is 8.53. The topological polar surface area (TPSA) is 113 Å². The molecule has 25 heavy (non-hydrogen) atoms. The second-order valence-electron chi connectivity index (χ2n) is 7.26. The molecule has 2 rings (SSSR count). The van der Waals surface area contributed by atoms with Crippen LogP contribution in [0, 0.1) is 34.5 Å². The molecule has 1 heterocycles. The lowest BCUT2D eigenvalue weighted by atomic mass is 9.86. The maximum Gasteiger partial charge on any atom is 0.143 e. The molecular weight excluding hydrogens is 310 g/mol. The Morgan fingerprint density at radius 1 is 1.20 bits per heavy atom. The lowest BCUT2D eigenvalue weighted by Crippen LogP contribution is -2.09. The smallest absolute Gasteiger partial charge is 0.143 e. The zero-order valence-corrected chi connectivity index (χ0v) is 15.2. The fourth-order valence-corrected chi connectivity index (χ4v) is 3.30. The summed E-state index contributed by atoms with van der Waals surface area (Å²) in [6.07, 6.45) is 10.1. The molecule has 0 amide bonds. The van der Waals surface area contributed by atoms with Crippen molar-refractivity contribution in [3.63, 3.8) is 0 Å². The second-order valence-corrected chi connectivity index (χ2v) is 7.26. The number of nitrogens with two attached hydrogens (primary N) is 2. The predicted molar refractivity (Wildman–Crippen MR) is 100 cm³/mol. The summed E-state index contributed by atoms with van der Waals surface area (Å²) in [5.74, 6) is 1.47. The van der Waals surface area contributed by atoms with Gasteiger partial charge in [-0.3, -0.25) is 0 Å². The maximum absolute atomic E-state index is 9.34. The number of hydrogen-bond donors (Lipinski definition) is 2. The van der Waals surface area contributed by atoms with Crippen LogP contribution in [0.5, 0.6) is 0 Å². The molecule has 1 aliphatic carbocycles. The van der Waals surface area contributed by atoms with Gasteiger partial charge in [0.25, 0.3) is 0 Å². The maximum atomic E-state index is 9.34. The minimum atomic E-state index is 0.101. The Labute approximate surface area is 150 Å². The van der Waals surface area contributed by atoms with Crippen LogP contribution >= 0.6 is 0 Å². The summed E-state index contributed by atoms with van der Waals surface area (Å²) in [4.78, 5) is 4.24. The summed E-state index contributed by atoms with van der Waals surface area (Å²) < 4.78 is 0. The third kappa shape index (κ3) is 4.73.